The van der Waals surface area contributed by atoms with Crippen molar-refractivity contribution in [1.29, 1.82) is 0 Å². The van der Waals surface area contributed by atoms with E-state index >= 15 is 0 Å². The zero-order chi connectivity index (χ0) is 12.2. The second-order valence-electron chi connectivity index (χ2n) is 3.44. The number of hydrogen-bond donors (Lipinski definition) is 0. The Morgan fingerprint density at radius 2 is 0.688 bits per heavy atom. The lowest BCUT2D eigenvalue weighted by Crippen LogP contribution is -2.38. The van der Waals surface area contributed by atoms with E-state index in [4.69, 9.17) is 0 Å². The maximum Gasteiger partial charge on any atom is 0.0159 e. The highest BCUT2D eigenvalue weighted by Crippen LogP contribution is 1.98. The third-order valence-corrected chi connectivity index (χ3v) is 3.75. The molecule has 0 aromatic carbocycles. The average molecular weight is 488 g/mol. The van der Waals surface area contributed by atoms with Gasteiger partial charge in [0.25, 0.3) is 0 Å². The van der Waals surface area contributed by atoms with Crippen molar-refractivity contribution in [3.05, 3.63) is 0 Å². The zero-order valence-electron chi connectivity index (χ0n) is 9.48. The van der Waals surface area contributed by atoms with Crippen molar-refractivity contribution >= 4 is 63.7 Å². The van der Waals surface area contributed by atoms with Crippen molar-refractivity contribution in [2.75, 3.05) is 60.6 Å². The van der Waals surface area contributed by atoms with E-state index in [0.717, 1.165) is 60.6 Å². The second kappa shape index (κ2) is 13.3. The molecule has 0 unspecified atom stereocenters. The monoisotopic (exact) mass is 484 g/mol. The van der Waals surface area contributed by atoms with Crippen molar-refractivity contribution in [3.8, 4) is 0 Å². The maximum absolute atomic E-state index is 3.50. The van der Waals surface area contributed by atoms with E-state index in [0.29, 0.717) is 0 Å². The van der Waals surface area contributed by atoms with Crippen LogP contribution in [0.5, 0.6) is 0 Å². The Bertz CT molecular complexity index is 121. The van der Waals surface area contributed by atoms with Gasteiger partial charge >= 0.3 is 0 Å². The largest absolute Gasteiger partial charge is 0.300 e. The number of rotatable bonds is 11. The first kappa shape index (κ1) is 17.8. The van der Waals surface area contributed by atoms with Crippen LogP contribution in [0.2, 0.25) is 0 Å². The van der Waals surface area contributed by atoms with E-state index in [2.05, 4.69) is 73.5 Å². The standard InChI is InChI=1S/C10H20Br4N2/c11-1-5-15(6-2-12)9-10-16(7-3-13)8-4-14/h1-10H2. The van der Waals surface area contributed by atoms with E-state index < -0.39 is 0 Å². The molecule has 0 aliphatic heterocycles. The normalized spacial score (nSPS) is 11.6. The van der Waals surface area contributed by atoms with Crippen LogP contribution in [0.15, 0.2) is 0 Å². The highest BCUT2D eigenvalue weighted by Gasteiger charge is 2.07. The highest BCUT2D eigenvalue weighted by molar-refractivity contribution is 9.09. The van der Waals surface area contributed by atoms with Crippen molar-refractivity contribution in [2.45, 2.75) is 0 Å². The minimum Gasteiger partial charge on any atom is -0.300 e. The second-order valence-corrected chi connectivity index (χ2v) is 6.61. The summed E-state index contributed by atoms with van der Waals surface area (Å²) in [6.07, 6.45) is 0. The minimum absolute atomic E-state index is 1.05. The Balaban J connectivity index is 3.83. The molecule has 0 heterocycles. The molecule has 0 spiro atoms. The van der Waals surface area contributed by atoms with Crippen molar-refractivity contribution < 1.29 is 0 Å². The molecule has 0 saturated carbocycles. The first-order valence-corrected chi connectivity index (χ1v) is 9.95. The van der Waals surface area contributed by atoms with E-state index in [1.807, 2.05) is 0 Å². The molecule has 0 N–H and O–H groups in total. The fourth-order valence-corrected chi connectivity index (χ4v) is 3.44. The molecule has 0 saturated heterocycles. The Morgan fingerprint density at radius 1 is 0.438 bits per heavy atom. The summed E-state index contributed by atoms with van der Waals surface area (Å²) < 4.78 is 0. The summed E-state index contributed by atoms with van der Waals surface area (Å²) in [4.78, 5) is 4.97. The lowest BCUT2D eigenvalue weighted by atomic mass is 10.4. The van der Waals surface area contributed by atoms with Gasteiger partial charge in [-0.15, -0.1) is 0 Å². The third kappa shape index (κ3) is 9.83. The van der Waals surface area contributed by atoms with Gasteiger partial charge in [-0.2, -0.15) is 0 Å². The summed E-state index contributed by atoms with van der Waals surface area (Å²) in [5.74, 6) is 0. The predicted molar refractivity (Wildman–Crippen MR) is 88.1 cm³/mol. The Labute approximate surface area is 133 Å². The number of halogens is 4. The molecule has 0 aromatic rings. The van der Waals surface area contributed by atoms with Crippen LogP contribution in [0.3, 0.4) is 0 Å². The van der Waals surface area contributed by atoms with Gasteiger partial charge in [-0.05, 0) is 0 Å². The van der Waals surface area contributed by atoms with Crippen LogP contribution in [-0.2, 0) is 0 Å². The molecular formula is C10H20Br4N2. The zero-order valence-corrected chi connectivity index (χ0v) is 15.8. The molecule has 0 aromatic heterocycles. The summed E-state index contributed by atoms with van der Waals surface area (Å²) in [6.45, 7) is 6.81. The van der Waals surface area contributed by atoms with Gasteiger partial charge in [0.1, 0.15) is 0 Å². The van der Waals surface area contributed by atoms with Crippen LogP contribution in [-0.4, -0.2) is 70.4 Å². The van der Waals surface area contributed by atoms with Crippen LogP contribution in [0.25, 0.3) is 0 Å². The number of nitrogens with zero attached hydrogens (tertiary/aromatic N) is 2. The van der Waals surface area contributed by atoms with Gasteiger partial charge in [0, 0.05) is 60.6 Å². The fraction of sp³-hybridized carbons (Fsp3) is 1.00. The molecule has 0 bridgehead atoms. The summed E-state index contributed by atoms with van der Waals surface area (Å²) in [5, 5.41) is 4.21. The Morgan fingerprint density at radius 3 is 0.875 bits per heavy atom. The van der Waals surface area contributed by atoms with Gasteiger partial charge in [-0.1, -0.05) is 63.7 Å². The lowest BCUT2D eigenvalue weighted by molar-refractivity contribution is 0.233. The molecule has 98 valence electrons. The van der Waals surface area contributed by atoms with E-state index in [1.165, 1.54) is 0 Å². The molecule has 16 heavy (non-hydrogen) atoms. The van der Waals surface area contributed by atoms with E-state index in [1.54, 1.807) is 0 Å². The van der Waals surface area contributed by atoms with Crippen LogP contribution in [0, 0.1) is 0 Å². The van der Waals surface area contributed by atoms with Gasteiger partial charge in [-0.3, -0.25) is 0 Å². The maximum atomic E-state index is 3.50. The van der Waals surface area contributed by atoms with Gasteiger partial charge in [0.15, 0.2) is 0 Å². The summed E-state index contributed by atoms with van der Waals surface area (Å²) in [6, 6.07) is 0. The van der Waals surface area contributed by atoms with Crippen molar-refractivity contribution in [2.24, 2.45) is 0 Å². The number of hydrogen-bond acceptors (Lipinski definition) is 2. The molecule has 0 fully saturated rings. The van der Waals surface area contributed by atoms with Crippen molar-refractivity contribution in [3.63, 3.8) is 0 Å². The molecule has 6 heteroatoms. The van der Waals surface area contributed by atoms with Crippen molar-refractivity contribution in [1.82, 2.24) is 9.80 Å². The predicted octanol–water partition coefficient (Wildman–Crippen LogP) is 3.17. The molecule has 0 aliphatic rings. The summed E-state index contributed by atoms with van der Waals surface area (Å²) in [5.41, 5.74) is 0. The molecule has 2 nitrogen and oxygen atoms in total. The summed E-state index contributed by atoms with van der Waals surface area (Å²) in [7, 11) is 0. The van der Waals surface area contributed by atoms with E-state index in [9.17, 15) is 0 Å². The molecule has 0 radical (unpaired) electrons. The third-order valence-electron chi connectivity index (χ3n) is 2.34. The van der Waals surface area contributed by atoms with Gasteiger partial charge in [0.2, 0.25) is 0 Å². The fourth-order valence-electron chi connectivity index (χ4n) is 1.43. The van der Waals surface area contributed by atoms with E-state index in [-0.39, 0.29) is 0 Å². The number of alkyl halides is 4. The molecule has 0 amide bonds. The summed E-state index contributed by atoms with van der Waals surface area (Å²) >= 11 is 14.0. The van der Waals surface area contributed by atoms with Crippen LogP contribution < -0.4 is 0 Å². The molecule has 0 rings (SSSR count). The molecule has 0 aliphatic carbocycles. The van der Waals surface area contributed by atoms with Crippen LogP contribution in [0.1, 0.15) is 0 Å². The lowest BCUT2D eigenvalue weighted by Gasteiger charge is -2.26. The molecular weight excluding hydrogens is 468 g/mol. The Kier molecular flexibility index (Phi) is 14.8. The van der Waals surface area contributed by atoms with Gasteiger partial charge in [-0.25, -0.2) is 0 Å². The van der Waals surface area contributed by atoms with Gasteiger partial charge < -0.3 is 9.80 Å². The van der Waals surface area contributed by atoms with Gasteiger partial charge in [0.05, 0.1) is 0 Å². The Hall–Kier alpha value is 1.84. The van der Waals surface area contributed by atoms with Crippen LogP contribution >= 0.6 is 63.7 Å². The SMILES string of the molecule is BrCCN(CCBr)CCN(CCBr)CCBr. The van der Waals surface area contributed by atoms with Crippen LogP contribution in [0.4, 0.5) is 0 Å². The topological polar surface area (TPSA) is 6.48 Å². The average Bonchev–Trinajstić information content (AvgIpc) is 2.27. The highest BCUT2D eigenvalue weighted by atomic mass is 79.9. The first-order chi connectivity index (χ1) is 7.78. The minimum atomic E-state index is 1.05. The first-order valence-electron chi connectivity index (χ1n) is 5.47. The quantitative estimate of drug-likeness (QED) is 0.413. The molecule has 0 atom stereocenters. The smallest absolute Gasteiger partial charge is 0.0159 e.